The Bertz CT molecular complexity index is 569. The fourth-order valence-electron chi connectivity index (χ4n) is 1.47. The first-order valence-corrected chi connectivity index (χ1v) is 4.26. The highest BCUT2D eigenvalue weighted by Gasteiger charge is 2.10. The summed E-state index contributed by atoms with van der Waals surface area (Å²) < 4.78 is 0. The van der Waals surface area contributed by atoms with E-state index in [2.05, 4.69) is 20.2 Å². The molecule has 0 radical (unpaired) electrons. The Morgan fingerprint density at radius 2 is 1.87 bits per heavy atom. The van der Waals surface area contributed by atoms with E-state index in [1.807, 2.05) is 18.2 Å². The van der Waals surface area contributed by atoms with E-state index >= 15 is 0 Å². The lowest BCUT2D eigenvalue weighted by atomic mass is 10.2. The lowest BCUT2D eigenvalue weighted by molar-refractivity contribution is 1.05. The first-order valence-electron chi connectivity index (χ1n) is 4.26. The molecule has 4 nitrogen and oxygen atoms in total. The summed E-state index contributed by atoms with van der Waals surface area (Å²) in [6.45, 7) is 0. The van der Waals surface area contributed by atoms with Gasteiger partial charge in [0.05, 0.1) is 29.3 Å². The first kappa shape index (κ1) is 9.73. The highest BCUT2D eigenvalue weighted by atomic mass is 35.5. The summed E-state index contributed by atoms with van der Waals surface area (Å²) in [6, 6.07) is 5.73. The number of nitrogens with zero attached hydrogens (tertiary/aromatic N) is 4. The Balaban J connectivity index is 0.000000853. The molecule has 0 amide bonds. The molecular formula is C10H7ClN4. The Hall–Kier alpha value is -1.81. The van der Waals surface area contributed by atoms with Gasteiger partial charge in [0.15, 0.2) is 0 Å². The van der Waals surface area contributed by atoms with Gasteiger partial charge in [0, 0.05) is 11.6 Å². The maximum Gasteiger partial charge on any atom is 0.0997 e. The third-order valence-electron chi connectivity index (χ3n) is 2.10. The molecule has 0 spiro atoms. The van der Waals surface area contributed by atoms with Crippen LogP contribution in [0.15, 0.2) is 36.8 Å². The lowest BCUT2D eigenvalue weighted by Gasteiger charge is -1.87. The predicted molar refractivity (Wildman–Crippen MR) is 59.0 cm³/mol. The van der Waals surface area contributed by atoms with Crippen LogP contribution in [0.3, 0.4) is 0 Å². The van der Waals surface area contributed by atoms with Gasteiger partial charge < -0.3 is 0 Å². The largest absolute Gasteiger partial charge is 0.254 e. The van der Waals surface area contributed by atoms with Crippen LogP contribution in [0.5, 0.6) is 0 Å². The maximum atomic E-state index is 4.39. The summed E-state index contributed by atoms with van der Waals surface area (Å²) in [5.41, 5.74) is 2.59. The summed E-state index contributed by atoms with van der Waals surface area (Å²) >= 11 is 0. The molecule has 0 fully saturated rings. The van der Waals surface area contributed by atoms with Crippen molar-refractivity contribution in [2.24, 2.45) is 0 Å². The topological polar surface area (TPSA) is 51.6 Å². The molecule has 0 aliphatic carbocycles. The second-order valence-corrected chi connectivity index (χ2v) is 2.96. The van der Waals surface area contributed by atoms with Crippen molar-refractivity contribution in [2.45, 2.75) is 0 Å². The van der Waals surface area contributed by atoms with Gasteiger partial charge in [0.25, 0.3) is 0 Å². The van der Waals surface area contributed by atoms with E-state index in [9.17, 15) is 0 Å². The average Bonchev–Trinajstić information content (AvgIpc) is 2.42. The van der Waals surface area contributed by atoms with Crippen LogP contribution in [0.2, 0.25) is 0 Å². The Labute approximate surface area is 92.1 Å². The predicted octanol–water partition coefficient (Wildman–Crippen LogP) is 1.95. The summed E-state index contributed by atoms with van der Waals surface area (Å²) in [5.74, 6) is 0. The zero-order valence-corrected chi connectivity index (χ0v) is 8.48. The second kappa shape index (κ2) is 3.74. The van der Waals surface area contributed by atoms with Crippen molar-refractivity contribution >= 4 is 23.3 Å². The van der Waals surface area contributed by atoms with Gasteiger partial charge >= 0.3 is 0 Å². The molecule has 1 aromatic rings. The Kier molecular flexibility index (Phi) is 2.43. The van der Waals surface area contributed by atoms with E-state index in [4.69, 9.17) is 0 Å². The lowest BCUT2D eigenvalue weighted by Crippen LogP contribution is -1.77. The highest BCUT2D eigenvalue weighted by Crippen LogP contribution is 2.26. The minimum atomic E-state index is 0. The minimum Gasteiger partial charge on any atom is -0.254 e. The van der Waals surface area contributed by atoms with Crippen LogP contribution in [-0.2, 0) is 0 Å². The monoisotopic (exact) mass is 218 g/mol. The van der Waals surface area contributed by atoms with Crippen LogP contribution in [0.1, 0.15) is 0 Å². The fourth-order valence-corrected chi connectivity index (χ4v) is 1.47. The average molecular weight is 219 g/mol. The normalized spacial score (nSPS) is 10.1. The maximum absolute atomic E-state index is 4.39. The van der Waals surface area contributed by atoms with Crippen LogP contribution in [-0.4, -0.2) is 20.2 Å². The van der Waals surface area contributed by atoms with Crippen molar-refractivity contribution < 1.29 is 0 Å². The van der Waals surface area contributed by atoms with E-state index in [1.165, 1.54) is 0 Å². The summed E-state index contributed by atoms with van der Waals surface area (Å²) in [7, 11) is 0. The third kappa shape index (κ3) is 1.49. The molecule has 3 rings (SSSR count). The second-order valence-electron chi connectivity index (χ2n) is 2.96. The zero-order chi connectivity index (χ0) is 9.38. The first-order chi connectivity index (χ1) is 6.95. The fraction of sp³-hybridized carbons (Fsp3) is 0. The van der Waals surface area contributed by atoms with Crippen molar-refractivity contribution in [3.05, 3.63) is 36.8 Å². The molecule has 0 saturated carbocycles. The zero-order valence-electron chi connectivity index (χ0n) is 7.66. The molecule has 15 heavy (non-hydrogen) atoms. The standard InChI is InChI=1S/C10H6N4.ClH/c1-2-4-11-10-7-5-12-13-6-9(7)14-8(10)3-1;/h1-6H;1H. The Morgan fingerprint density at radius 3 is 2.80 bits per heavy atom. The van der Waals surface area contributed by atoms with E-state index in [1.54, 1.807) is 18.6 Å². The van der Waals surface area contributed by atoms with Gasteiger partial charge in [-0.05, 0) is 12.1 Å². The molecule has 0 bridgehead atoms. The summed E-state index contributed by atoms with van der Waals surface area (Å²) in [4.78, 5) is 8.69. The molecule has 5 heteroatoms. The molecular weight excluding hydrogens is 212 g/mol. The summed E-state index contributed by atoms with van der Waals surface area (Å²) in [6.07, 6.45) is 5.10. The van der Waals surface area contributed by atoms with Gasteiger partial charge in [0.2, 0.25) is 0 Å². The van der Waals surface area contributed by atoms with E-state index in [0.717, 1.165) is 22.3 Å². The SMILES string of the molecule is Cl.c1ccc2nc3cnncc3c-2nc1. The smallest absolute Gasteiger partial charge is 0.0997 e. The van der Waals surface area contributed by atoms with Gasteiger partial charge in [-0.15, -0.1) is 12.4 Å². The van der Waals surface area contributed by atoms with Gasteiger partial charge in [-0.25, -0.2) is 4.98 Å². The van der Waals surface area contributed by atoms with Crippen molar-refractivity contribution in [1.29, 1.82) is 0 Å². The highest BCUT2D eigenvalue weighted by molar-refractivity contribution is 5.93. The molecule has 1 aromatic heterocycles. The van der Waals surface area contributed by atoms with Gasteiger partial charge in [0.1, 0.15) is 0 Å². The van der Waals surface area contributed by atoms with E-state index in [-0.39, 0.29) is 12.4 Å². The molecule has 0 unspecified atom stereocenters. The summed E-state index contributed by atoms with van der Waals surface area (Å²) in [5, 5.41) is 8.56. The van der Waals surface area contributed by atoms with Gasteiger partial charge in [-0.3, -0.25) is 4.98 Å². The van der Waals surface area contributed by atoms with Crippen LogP contribution >= 0.6 is 12.4 Å². The van der Waals surface area contributed by atoms with Gasteiger partial charge in [-0.1, -0.05) is 6.07 Å². The molecule has 0 atom stereocenters. The number of rotatable bonds is 0. The molecule has 74 valence electrons. The Morgan fingerprint density at radius 1 is 1.00 bits per heavy atom. The molecule has 0 N–H and O–H groups in total. The molecule has 2 aliphatic rings. The number of hydrogen-bond acceptors (Lipinski definition) is 4. The minimum absolute atomic E-state index is 0. The molecule has 0 aromatic carbocycles. The molecule has 3 heterocycles. The molecule has 0 saturated heterocycles. The van der Waals surface area contributed by atoms with Crippen LogP contribution in [0.4, 0.5) is 0 Å². The third-order valence-corrected chi connectivity index (χ3v) is 2.10. The van der Waals surface area contributed by atoms with Crippen molar-refractivity contribution in [3.8, 4) is 11.4 Å². The number of fused-ring (bicyclic) bond motifs is 3. The number of hydrogen-bond donors (Lipinski definition) is 0. The van der Waals surface area contributed by atoms with Crippen molar-refractivity contribution in [1.82, 2.24) is 20.2 Å². The number of aromatic nitrogens is 4. The van der Waals surface area contributed by atoms with E-state index in [0.29, 0.717) is 0 Å². The van der Waals surface area contributed by atoms with Crippen molar-refractivity contribution in [2.75, 3.05) is 0 Å². The van der Waals surface area contributed by atoms with Crippen molar-refractivity contribution in [3.63, 3.8) is 0 Å². The number of halogens is 1. The molecule has 2 aliphatic heterocycles. The van der Waals surface area contributed by atoms with Crippen LogP contribution in [0.25, 0.3) is 22.3 Å². The van der Waals surface area contributed by atoms with Crippen LogP contribution < -0.4 is 0 Å². The quantitative estimate of drug-likeness (QED) is 0.579. The van der Waals surface area contributed by atoms with Crippen LogP contribution in [0, 0.1) is 0 Å². The van der Waals surface area contributed by atoms with E-state index < -0.39 is 0 Å². The van der Waals surface area contributed by atoms with Gasteiger partial charge in [-0.2, -0.15) is 10.2 Å².